The second kappa shape index (κ2) is 9.48. The van der Waals surface area contributed by atoms with Gasteiger partial charge in [0, 0.05) is 25.8 Å². The maximum atomic E-state index is 13.2. The van der Waals surface area contributed by atoms with Crippen LogP contribution in [0, 0.1) is 12.8 Å². The average molecular weight is 358 g/mol. The summed E-state index contributed by atoms with van der Waals surface area (Å²) >= 11 is 0. The van der Waals surface area contributed by atoms with Crippen LogP contribution in [0.5, 0.6) is 0 Å². The number of amides is 1. The van der Waals surface area contributed by atoms with E-state index in [9.17, 15) is 4.79 Å². The van der Waals surface area contributed by atoms with Crippen molar-refractivity contribution in [2.45, 2.75) is 34.6 Å². The van der Waals surface area contributed by atoms with Gasteiger partial charge in [-0.25, -0.2) is 9.67 Å². The number of carbonyl (C=O) groups is 1. The van der Waals surface area contributed by atoms with Crippen molar-refractivity contribution >= 4 is 5.91 Å². The molecule has 6 nitrogen and oxygen atoms in total. The molecular formula is C20H31N5O. The number of rotatable bonds is 9. The van der Waals surface area contributed by atoms with Crippen molar-refractivity contribution < 1.29 is 4.79 Å². The van der Waals surface area contributed by atoms with Crippen LogP contribution >= 0.6 is 0 Å². The van der Waals surface area contributed by atoms with E-state index in [1.54, 1.807) is 17.1 Å². The minimum Gasteiger partial charge on any atom is -0.337 e. The molecule has 0 unspecified atom stereocenters. The molecule has 0 atom stereocenters. The predicted molar refractivity (Wildman–Crippen MR) is 105 cm³/mol. The van der Waals surface area contributed by atoms with E-state index in [4.69, 9.17) is 0 Å². The van der Waals surface area contributed by atoms with E-state index in [0.717, 1.165) is 44.2 Å². The third kappa shape index (κ3) is 4.91. The highest BCUT2D eigenvalue weighted by molar-refractivity contribution is 5.95. The van der Waals surface area contributed by atoms with Crippen LogP contribution in [0.25, 0.3) is 5.82 Å². The van der Waals surface area contributed by atoms with Gasteiger partial charge in [-0.3, -0.25) is 4.79 Å². The lowest BCUT2D eigenvalue weighted by Crippen LogP contribution is -2.40. The summed E-state index contributed by atoms with van der Waals surface area (Å²) in [7, 11) is 0. The maximum absolute atomic E-state index is 13.2. The van der Waals surface area contributed by atoms with Gasteiger partial charge in [0.2, 0.25) is 0 Å². The molecule has 0 fully saturated rings. The van der Waals surface area contributed by atoms with Gasteiger partial charge in [0.05, 0.1) is 17.5 Å². The van der Waals surface area contributed by atoms with Crippen molar-refractivity contribution in [3.8, 4) is 5.82 Å². The first-order chi connectivity index (χ1) is 12.5. The molecule has 0 radical (unpaired) electrons. The molecule has 26 heavy (non-hydrogen) atoms. The van der Waals surface area contributed by atoms with E-state index in [-0.39, 0.29) is 5.91 Å². The first-order valence-electron chi connectivity index (χ1n) is 9.45. The number of hydrogen-bond acceptors (Lipinski definition) is 4. The van der Waals surface area contributed by atoms with Gasteiger partial charge < -0.3 is 9.80 Å². The normalized spacial score (nSPS) is 11.3. The van der Waals surface area contributed by atoms with Crippen molar-refractivity contribution in [2.24, 2.45) is 5.92 Å². The molecule has 0 aliphatic rings. The van der Waals surface area contributed by atoms with Crippen LogP contribution in [-0.4, -0.2) is 63.2 Å². The van der Waals surface area contributed by atoms with Crippen molar-refractivity contribution in [3.63, 3.8) is 0 Å². The zero-order chi connectivity index (χ0) is 19.1. The Bertz CT molecular complexity index is 691. The highest BCUT2D eigenvalue weighted by Crippen LogP contribution is 2.15. The lowest BCUT2D eigenvalue weighted by Gasteiger charge is -2.27. The lowest BCUT2D eigenvalue weighted by molar-refractivity contribution is 0.0715. The number of aromatic nitrogens is 3. The minimum atomic E-state index is 0.0468. The van der Waals surface area contributed by atoms with Gasteiger partial charge in [0.25, 0.3) is 5.91 Å². The average Bonchev–Trinajstić information content (AvgIpc) is 3.02. The molecule has 142 valence electrons. The summed E-state index contributed by atoms with van der Waals surface area (Å²) in [5.41, 5.74) is 1.47. The topological polar surface area (TPSA) is 54.3 Å². The summed E-state index contributed by atoms with van der Waals surface area (Å²) in [5.74, 6) is 1.19. The molecule has 2 aromatic rings. The first-order valence-corrected chi connectivity index (χ1v) is 9.45. The van der Waals surface area contributed by atoms with E-state index >= 15 is 0 Å². The first kappa shape index (κ1) is 20.1. The fraction of sp³-hybridized carbons (Fsp3) is 0.550. The Morgan fingerprint density at radius 1 is 1.19 bits per heavy atom. The summed E-state index contributed by atoms with van der Waals surface area (Å²) in [5, 5.41) is 4.39. The quantitative estimate of drug-likeness (QED) is 0.692. The number of nitrogens with zero attached hydrogens (tertiary/aromatic N) is 5. The fourth-order valence-corrected chi connectivity index (χ4v) is 3.02. The van der Waals surface area contributed by atoms with E-state index in [2.05, 4.69) is 42.7 Å². The van der Waals surface area contributed by atoms with Crippen molar-refractivity contribution in [3.05, 3.63) is 41.9 Å². The standard InChI is InChI=1S/C20H31N5O/c1-6-23(7-2)12-13-24(15-16(3)4)20(26)18-14-22-25(17(18)5)19-10-8-9-11-21-19/h8-11,14,16H,6-7,12-13,15H2,1-5H3. The van der Waals surface area contributed by atoms with Crippen LogP contribution in [0.15, 0.2) is 30.6 Å². The molecule has 6 heteroatoms. The van der Waals surface area contributed by atoms with Gasteiger partial charge in [0.1, 0.15) is 0 Å². The Balaban J connectivity index is 2.21. The van der Waals surface area contributed by atoms with Gasteiger partial charge >= 0.3 is 0 Å². The molecular weight excluding hydrogens is 326 g/mol. The maximum Gasteiger partial charge on any atom is 0.257 e. The highest BCUT2D eigenvalue weighted by Gasteiger charge is 2.22. The number of pyridine rings is 1. The molecule has 0 aromatic carbocycles. The van der Waals surface area contributed by atoms with Gasteiger partial charge in [-0.2, -0.15) is 5.10 Å². The highest BCUT2D eigenvalue weighted by atomic mass is 16.2. The zero-order valence-corrected chi connectivity index (χ0v) is 16.6. The molecule has 0 saturated heterocycles. The summed E-state index contributed by atoms with van der Waals surface area (Å²) in [6.07, 6.45) is 3.39. The largest absolute Gasteiger partial charge is 0.337 e. The van der Waals surface area contributed by atoms with Crippen LogP contribution < -0.4 is 0 Å². The van der Waals surface area contributed by atoms with Crippen LogP contribution in [0.4, 0.5) is 0 Å². The van der Waals surface area contributed by atoms with Crippen molar-refractivity contribution in [2.75, 3.05) is 32.7 Å². The summed E-state index contributed by atoms with van der Waals surface area (Å²) in [6, 6.07) is 5.67. The van der Waals surface area contributed by atoms with Crippen molar-refractivity contribution in [1.82, 2.24) is 24.6 Å². The Hall–Kier alpha value is -2.21. The SMILES string of the molecule is CCN(CC)CCN(CC(C)C)C(=O)c1cnn(-c2ccccn2)c1C. The molecule has 0 aliphatic carbocycles. The lowest BCUT2D eigenvalue weighted by atomic mass is 10.1. The Labute approximate surface area is 156 Å². The second-order valence-electron chi connectivity index (χ2n) is 6.92. The third-order valence-corrected chi connectivity index (χ3v) is 4.56. The number of hydrogen-bond donors (Lipinski definition) is 0. The van der Waals surface area contributed by atoms with Gasteiger partial charge in [-0.15, -0.1) is 0 Å². The molecule has 0 N–H and O–H groups in total. The van der Waals surface area contributed by atoms with E-state index < -0.39 is 0 Å². The Kier molecular flexibility index (Phi) is 7.33. The Morgan fingerprint density at radius 3 is 2.50 bits per heavy atom. The smallest absolute Gasteiger partial charge is 0.257 e. The van der Waals surface area contributed by atoms with Crippen molar-refractivity contribution in [1.29, 1.82) is 0 Å². The minimum absolute atomic E-state index is 0.0468. The number of likely N-dealkylation sites (N-methyl/N-ethyl adjacent to an activating group) is 1. The van der Waals surface area contributed by atoms with Crippen LogP contribution in [0.2, 0.25) is 0 Å². The molecule has 1 amide bonds. The summed E-state index contributed by atoms with van der Waals surface area (Å²) in [6.45, 7) is 14.9. The molecule has 0 bridgehead atoms. The fourth-order valence-electron chi connectivity index (χ4n) is 3.02. The van der Waals surface area contributed by atoms with Crippen LogP contribution in [-0.2, 0) is 0 Å². The third-order valence-electron chi connectivity index (χ3n) is 4.56. The van der Waals surface area contributed by atoms with Gasteiger partial charge in [0.15, 0.2) is 5.82 Å². The second-order valence-corrected chi connectivity index (χ2v) is 6.92. The molecule has 0 spiro atoms. The summed E-state index contributed by atoms with van der Waals surface area (Å²) in [4.78, 5) is 21.8. The van der Waals surface area contributed by atoms with E-state index in [1.165, 1.54) is 0 Å². The Morgan fingerprint density at radius 2 is 1.92 bits per heavy atom. The summed E-state index contributed by atoms with van der Waals surface area (Å²) < 4.78 is 1.73. The predicted octanol–water partition coefficient (Wildman–Crippen LogP) is 3.02. The van der Waals surface area contributed by atoms with E-state index in [1.807, 2.05) is 30.0 Å². The monoisotopic (exact) mass is 357 g/mol. The van der Waals surface area contributed by atoms with Gasteiger partial charge in [-0.1, -0.05) is 33.8 Å². The number of carbonyl (C=O) groups excluding carboxylic acids is 1. The molecule has 0 saturated carbocycles. The van der Waals surface area contributed by atoms with Gasteiger partial charge in [-0.05, 0) is 38.1 Å². The van der Waals surface area contributed by atoms with E-state index in [0.29, 0.717) is 11.5 Å². The molecule has 2 aromatic heterocycles. The van der Waals surface area contributed by atoms with Crippen LogP contribution in [0.3, 0.4) is 0 Å². The van der Waals surface area contributed by atoms with Crippen LogP contribution in [0.1, 0.15) is 43.7 Å². The molecule has 2 heterocycles. The molecule has 2 rings (SSSR count). The molecule has 0 aliphatic heterocycles. The zero-order valence-electron chi connectivity index (χ0n) is 16.6.